The number of hydrogen-bond donors (Lipinski definition) is 12. The van der Waals surface area contributed by atoms with Crippen LogP contribution in [0.1, 0.15) is 258 Å². The van der Waals surface area contributed by atoms with Crippen molar-refractivity contribution >= 4 is 5.91 Å². The number of ether oxygens (including phenoxy) is 6. The van der Waals surface area contributed by atoms with E-state index in [1.54, 1.807) is 6.08 Å². The maximum atomic E-state index is 13.4. The summed E-state index contributed by atoms with van der Waals surface area (Å²) in [6.45, 7) is 1.57. The van der Waals surface area contributed by atoms with Gasteiger partial charge in [0.05, 0.1) is 38.6 Å². The summed E-state index contributed by atoms with van der Waals surface area (Å²) in [5.74, 6) is -0.336. The van der Waals surface area contributed by atoms with Gasteiger partial charge >= 0.3 is 0 Å². The Bertz CT molecular complexity index is 2380. The van der Waals surface area contributed by atoms with Crippen molar-refractivity contribution in [1.29, 1.82) is 0 Å². The van der Waals surface area contributed by atoms with Crippen LogP contribution in [0.2, 0.25) is 0 Å². The van der Waals surface area contributed by atoms with Crippen molar-refractivity contribution in [2.45, 2.75) is 362 Å². The summed E-state index contributed by atoms with van der Waals surface area (Å²) in [4.78, 5) is 13.4. The Kier molecular flexibility index (Phi) is 56.9. The van der Waals surface area contributed by atoms with Crippen LogP contribution in [-0.4, -0.2) is 193 Å². The Balaban J connectivity index is 1.43. The maximum Gasteiger partial charge on any atom is 0.220 e. The molecule has 19 nitrogen and oxygen atoms in total. The minimum absolute atomic E-state index is 0.167. The number of amides is 1. The number of carbonyl (C=O) groups excluding carboxylic acids is 1. The summed E-state index contributed by atoms with van der Waals surface area (Å²) in [6, 6.07) is -1.03. The molecule has 0 aliphatic carbocycles. The second-order valence-corrected chi connectivity index (χ2v) is 27.8. The van der Waals surface area contributed by atoms with E-state index in [-0.39, 0.29) is 12.3 Å². The molecule has 3 heterocycles. The summed E-state index contributed by atoms with van der Waals surface area (Å²) < 4.78 is 34.4. The number of unbranched alkanes of at least 4 members (excludes halogenated alkanes) is 25. The van der Waals surface area contributed by atoms with E-state index < -0.39 is 131 Å². The number of hydrogen-bond acceptors (Lipinski definition) is 18. The van der Waals surface area contributed by atoms with Crippen molar-refractivity contribution in [3.05, 3.63) is 134 Å². The molecule has 590 valence electrons. The van der Waals surface area contributed by atoms with Crippen LogP contribution in [0.3, 0.4) is 0 Å². The molecule has 3 aliphatic heterocycles. The van der Waals surface area contributed by atoms with Gasteiger partial charge in [0.2, 0.25) is 5.91 Å². The van der Waals surface area contributed by atoms with E-state index in [1.807, 2.05) is 6.08 Å². The van der Waals surface area contributed by atoms with E-state index in [0.717, 1.165) is 89.9 Å². The zero-order valence-corrected chi connectivity index (χ0v) is 63.0. The fraction of sp³-hybridized carbons (Fsp3) is 0.726. The lowest BCUT2D eigenvalue weighted by Crippen LogP contribution is -2.66. The highest BCUT2D eigenvalue weighted by atomic mass is 16.8. The first kappa shape index (κ1) is 93.1. The smallest absolute Gasteiger partial charge is 0.220 e. The van der Waals surface area contributed by atoms with Crippen LogP contribution in [0.25, 0.3) is 0 Å². The van der Waals surface area contributed by atoms with Gasteiger partial charge in [0.25, 0.3) is 0 Å². The number of nitrogens with one attached hydrogen (secondary N) is 1. The highest BCUT2D eigenvalue weighted by molar-refractivity contribution is 5.76. The fourth-order valence-electron chi connectivity index (χ4n) is 12.5. The highest BCUT2D eigenvalue weighted by Gasteiger charge is 2.53. The van der Waals surface area contributed by atoms with Gasteiger partial charge in [-0.2, -0.15) is 0 Å². The predicted octanol–water partition coefficient (Wildman–Crippen LogP) is 13.3. The average molecular weight is 1450 g/mol. The molecule has 3 aliphatic rings. The third kappa shape index (κ3) is 42.9. The zero-order valence-electron chi connectivity index (χ0n) is 63.0. The van der Waals surface area contributed by atoms with Gasteiger partial charge in [-0.05, 0) is 109 Å². The minimum Gasteiger partial charge on any atom is -0.394 e. The summed E-state index contributed by atoms with van der Waals surface area (Å²) in [5, 5.41) is 121. The van der Waals surface area contributed by atoms with Gasteiger partial charge < -0.3 is 89.9 Å². The lowest BCUT2D eigenvalue weighted by molar-refractivity contribution is -0.379. The second kappa shape index (κ2) is 62.9. The molecule has 0 aromatic heterocycles. The van der Waals surface area contributed by atoms with Gasteiger partial charge in [-0.25, -0.2) is 0 Å². The molecule has 1 amide bonds. The SMILES string of the molecule is CC/C=C\C/C=C\C/C=C\C/C=C\C/C=C\C/C=C\C/C=C\C/C=C\CCCCC(=O)NC(COC1OC(CO)C(OC2OC(CO)C(OC3OC(CO)C(O)C(O)C3O)C(O)C2O)C(O)C1O)C(O)/C=C/CC/C=C/CC/C=C/CCCCCCCCCCCCCCCCCCCCCCC. The van der Waals surface area contributed by atoms with Gasteiger partial charge in [-0.15, -0.1) is 0 Å². The second-order valence-electron chi connectivity index (χ2n) is 27.8. The Morgan fingerprint density at radius 3 is 1.09 bits per heavy atom. The van der Waals surface area contributed by atoms with Crippen molar-refractivity contribution in [1.82, 2.24) is 5.32 Å². The van der Waals surface area contributed by atoms with Crippen molar-refractivity contribution in [2.24, 2.45) is 0 Å². The lowest BCUT2D eigenvalue weighted by Gasteiger charge is -2.48. The number of allylic oxidation sites excluding steroid dienone is 21. The van der Waals surface area contributed by atoms with Gasteiger partial charge in [-0.1, -0.05) is 276 Å². The topological polar surface area (TPSA) is 307 Å². The predicted molar refractivity (Wildman–Crippen MR) is 410 cm³/mol. The molecule has 17 atom stereocenters. The normalized spacial score (nSPS) is 26.8. The molecule has 0 aromatic carbocycles. The van der Waals surface area contributed by atoms with Crippen molar-refractivity contribution in [2.75, 3.05) is 26.4 Å². The monoisotopic (exact) mass is 1450 g/mol. The first-order valence-electron chi connectivity index (χ1n) is 39.9. The quantitative estimate of drug-likeness (QED) is 0.0199. The van der Waals surface area contributed by atoms with Gasteiger partial charge in [0.1, 0.15) is 73.2 Å². The first-order chi connectivity index (χ1) is 50.3. The van der Waals surface area contributed by atoms with Gasteiger partial charge in [-0.3, -0.25) is 4.79 Å². The van der Waals surface area contributed by atoms with Crippen LogP contribution >= 0.6 is 0 Å². The van der Waals surface area contributed by atoms with Crippen LogP contribution in [0, 0.1) is 0 Å². The average Bonchev–Trinajstić information content (AvgIpc) is 0.781. The standard InChI is InChI=1S/C84H141NO18/c1-3-5-7-9-11-13-15-17-19-21-23-25-27-29-31-32-33-34-36-37-39-41-43-45-47-49-51-53-55-57-59-61-68(89)67(85-72(90)62-60-58-56-54-52-50-48-46-44-42-40-38-35-30-28-26-24-22-20-18-16-14-12-10-8-6-4-2)66-98-82-78(96)75(93)80(70(64-87)100-82)103-84-79(97)76(94)81(71(65-88)101-84)102-83-77(95)74(92)73(91)69(63-86)99-83/h6,8,12,14,18,20,24,26,30,35,40,42-43,45-46,48,51-54,59,61,67-71,73-84,86-89,91-97H,3-5,7,9-11,13,15-17,19,21-23,25,27-29,31-34,36-39,41,44,47,49-50,55-58,60,62-66H2,1-2H3,(H,85,90)/b8-6-,14-12-,20-18-,26-24-,35-30-,42-40-,45-43+,48-46-,53-51+,54-52-,61-59+. The molecule has 0 bridgehead atoms. The maximum absolute atomic E-state index is 13.4. The van der Waals surface area contributed by atoms with Gasteiger partial charge in [0, 0.05) is 6.42 Å². The molecular weight excluding hydrogens is 1310 g/mol. The van der Waals surface area contributed by atoms with E-state index in [2.05, 4.69) is 141 Å². The van der Waals surface area contributed by atoms with Crippen LogP contribution in [0.5, 0.6) is 0 Å². The molecule has 12 N–H and O–H groups in total. The fourth-order valence-corrected chi connectivity index (χ4v) is 12.5. The largest absolute Gasteiger partial charge is 0.394 e. The Morgan fingerprint density at radius 1 is 0.359 bits per heavy atom. The van der Waals surface area contributed by atoms with Crippen molar-refractivity contribution in [3.8, 4) is 0 Å². The van der Waals surface area contributed by atoms with Crippen LogP contribution in [0.4, 0.5) is 0 Å². The van der Waals surface area contributed by atoms with E-state index in [9.17, 15) is 61.0 Å². The number of rotatable bonds is 61. The summed E-state index contributed by atoms with van der Waals surface area (Å²) in [7, 11) is 0. The zero-order chi connectivity index (χ0) is 74.6. The summed E-state index contributed by atoms with van der Waals surface area (Å²) >= 11 is 0. The van der Waals surface area contributed by atoms with E-state index in [1.165, 1.54) is 135 Å². The first-order valence-corrected chi connectivity index (χ1v) is 39.9. The summed E-state index contributed by atoms with van der Waals surface area (Å²) in [6.07, 6.45) is 63.0. The number of aliphatic hydroxyl groups is 11. The van der Waals surface area contributed by atoms with Crippen LogP contribution < -0.4 is 5.32 Å². The molecular formula is C84H141NO18. The third-order valence-electron chi connectivity index (χ3n) is 18.9. The van der Waals surface area contributed by atoms with Crippen LogP contribution in [0.15, 0.2) is 134 Å². The van der Waals surface area contributed by atoms with E-state index in [4.69, 9.17) is 28.4 Å². The molecule has 17 unspecified atom stereocenters. The molecule has 0 spiro atoms. The molecule has 0 saturated carbocycles. The number of carbonyl (C=O) groups is 1. The molecule has 3 rings (SSSR count). The highest BCUT2D eigenvalue weighted by Crippen LogP contribution is 2.33. The van der Waals surface area contributed by atoms with Crippen molar-refractivity contribution < 1.29 is 89.4 Å². The molecule has 0 aromatic rings. The minimum atomic E-state index is -2.00. The molecule has 0 radical (unpaired) electrons. The van der Waals surface area contributed by atoms with E-state index in [0.29, 0.717) is 12.8 Å². The Hall–Kier alpha value is -4.07. The molecule has 3 fully saturated rings. The van der Waals surface area contributed by atoms with Crippen molar-refractivity contribution in [3.63, 3.8) is 0 Å². The third-order valence-corrected chi connectivity index (χ3v) is 18.9. The molecule has 19 heteroatoms. The summed E-state index contributed by atoms with van der Waals surface area (Å²) in [5.41, 5.74) is 0. The Morgan fingerprint density at radius 2 is 0.680 bits per heavy atom. The Labute approximate surface area is 620 Å². The van der Waals surface area contributed by atoms with Crippen LogP contribution in [-0.2, 0) is 33.2 Å². The van der Waals surface area contributed by atoms with Gasteiger partial charge in [0.15, 0.2) is 18.9 Å². The lowest BCUT2D eigenvalue weighted by atomic mass is 9.96. The van der Waals surface area contributed by atoms with E-state index >= 15 is 0 Å². The molecule has 103 heavy (non-hydrogen) atoms. The molecule has 3 saturated heterocycles. The number of aliphatic hydroxyl groups excluding tert-OH is 11.